The van der Waals surface area contributed by atoms with E-state index in [2.05, 4.69) is 39.6 Å². The molecule has 110 valence electrons. The molecule has 0 unspecified atom stereocenters. The van der Waals surface area contributed by atoms with Gasteiger partial charge in [0.15, 0.2) is 0 Å². The minimum Gasteiger partial charge on any atom is -0.370 e. The number of hydrogen-bond donors (Lipinski definition) is 1. The molecule has 0 saturated heterocycles. The third-order valence-electron chi connectivity index (χ3n) is 4.04. The summed E-state index contributed by atoms with van der Waals surface area (Å²) in [5.74, 6) is 2.41. The zero-order chi connectivity index (χ0) is 14.7. The van der Waals surface area contributed by atoms with Crippen LogP contribution < -0.4 is 10.2 Å². The summed E-state index contributed by atoms with van der Waals surface area (Å²) in [6.45, 7) is 0.961. The highest BCUT2D eigenvalue weighted by Crippen LogP contribution is 2.28. The van der Waals surface area contributed by atoms with Gasteiger partial charge in [0.05, 0.1) is 0 Å². The molecule has 4 nitrogen and oxygen atoms in total. The summed E-state index contributed by atoms with van der Waals surface area (Å²) in [7, 11) is 3.91. The second-order valence-electron chi connectivity index (χ2n) is 5.89. The van der Waals surface area contributed by atoms with Crippen molar-refractivity contribution < 1.29 is 0 Å². The van der Waals surface area contributed by atoms with Crippen molar-refractivity contribution in [2.45, 2.75) is 19.3 Å². The number of anilines is 2. The zero-order valence-corrected chi connectivity index (χ0v) is 12.7. The summed E-state index contributed by atoms with van der Waals surface area (Å²) in [5.41, 5.74) is 3.05. The first-order valence-corrected chi connectivity index (χ1v) is 7.53. The molecule has 0 fully saturated rings. The first-order chi connectivity index (χ1) is 10.2. The van der Waals surface area contributed by atoms with Crippen molar-refractivity contribution in [3.05, 3.63) is 47.7 Å². The van der Waals surface area contributed by atoms with Crippen LogP contribution in [0.2, 0.25) is 0 Å². The van der Waals surface area contributed by atoms with Gasteiger partial charge in [-0.1, -0.05) is 24.3 Å². The summed E-state index contributed by atoms with van der Waals surface area (Å²) >= 11 is 0. The predicted octanol–water partition coefficient (Wildman–Crippen LogP) is 2.76. The van der Waals surface area contributed by atoms with Crippen molar-refractivity contribution in [3.63, 3.8) is 0 Å². The van der Waals surface area contributed by atoms with Crippen LogP contribution in [0.1, 0.15) is 17.5 Å². The van der Waals surface area contributed by atoms with Crippen LogP contribution in [0.15, 0.2) is 36.5 Å². The van der Waals surface area contributed by atoms with E-state index in [4.69, 9.17) is 0 Å². The lowest BCUT2D eigenvalue weighted by Gasteiger charge is -2.13. The van der Waals surface area contributed by atoms with Crippen LogP contribution in [0.5, 0.6) is 0 Å². The zero-order valence-electron chi connectivity index (χ0n) is 12.7. The Morgan fingerprint density at radius 3 is 2.52 bits per heavy atom. The van der Waals surface area contributed by atoms with E-state index in [1.165, 1.54) is 30.4 Å². The lowest BCUT2D eigenvalue weighted by atomic mass is 10.0. The van der Waals surface area contributed by atoms with Gasteiger partial charge in [-0.05, 0) is 42.4 Å². The van der Waals surface area contributed by atoms with Crippen LogP contribution in [0, 0.1) is 5.92 Å². The SMILES string of the molecule is CN(C)c1nccc(NCCC2Cc3ccccc3C2)n1. The molecule has 1 heterocycles. The molecular weight excluding hydrogens is 260 g/mol. The van der Waals surface area contributed by atoms with Crippen LogP contribution in [0.3, 0.4) is 0 Å². The van der Waals surface area contributed by atoms with Gasteiger partial charge in [0.25, 0.3) is 0 Å². The van der Waals surface area contributed by atoms with E-state index in [0.717, 1.165) is 24.2 Å². The second kappa shape index (κ2) is 6.12. The Hall–Kier alpha value is -2.10. The summed E-state index contributed by atoms with van der Waals surface area (Å²) in [4.78, 5) is 10.6. The van der Waals surface area contributed by atoms with Crippen LogP contribution in [-0.2, 0) is 12.8 Å². The number of nitrogens with one attached hydrogen (secondary N) is 1. The summed E-state index contributed by atoms with van der Waals surface area (Å²) in [6, 6.07) is 10.7. The van der Waals surface area contributed by atoms with Crippen LogP contribution in [0.4, 0.5) is 11.8 Å². The van der Waals surface area contributed by atoms with E-state index in [1.807, 2.05) is 25.1 Å². The quantitative estimate of drug-likeness (QED) is 0.915. The Kier molecular flexibility index (Phi) is 4.04. The molecule has 0 saturated carbocycles. The van der Waals surface area contributed by atoms with E-state index in [9.17, 15) is 0 Å². The Morgan fingerprint density at radius 1 is 1.14 bits per heavy atom. The van der Waals surface area contributed by atoms with Gasteiger partial charge in [0.1, 0.15) is 5.82 Å². The molecule has 0 bridgehead atoms. The molecule has 2 aromatic rings. The lowest BCUT2D eigenvalue weighted by molar-refractivity contribution is 0.529. The van der Waals surface area contributed by atoms with Crippen LogP contribution >= 0.6 is 0 Å². The normalized spacial score (nSPS) is 14.0. The van der Waals surface area contributed by atoms with E-state index in [-0.39, 0.29) is 0 Å². The number of aromatic nitrogens is 2. The van der Waals surface area contributed by atoms with E-state index < -0.39 is 0 Å². The average molecular weight is 282 g/mol. The van der Waals surface area contributed by atoms with Crippen LogP contribution in [-0.4, -0.2) is 30.6 Å². The van der Waals surface area contributed by atoms with Gasteiger partial charge in [-0.2, -0.15) is 4.98 Å². The van der Waals surface area contributed by atoms with Gasteiger partial charge in [-0.25, -0.2) is 4.98 Å². The van der Waals surface area contributed by atoms with E-state index in [0.29, 0.717) is 0 Å². The molecule has 0 spiro atoms. The summed E-state index contributed by atoms with van der Waals surface area (Å²) in [5, 5.41) is 3.42. The Morgan fingerprint density at radius 2 is 1.86 bits per heavy atom. The first kappa shape index (κ1) is 13.9. The molecule has 0 amide bonds. The van der Waals surface area contributed by atoms with Crippen molar-refractivity contribution in [3.8, 4) is 0 Å². The van der Waals surface area contributed by atoms with E-state index in [1.54, 1.807) is 6.20 Å². The van der Waals surface area contributed by atoms with E-state index >= 15 is 0 Å². The third kappa shape index (κ3) is 3.32. The number of nitrogens with zero attached hydrogens (tertiary/aromatic N) is 3. The molecule has 1 aliphatic carbocycles. The van der Waals surface area contributed by atoms with Crippen molar-refractivity contribution in [2.24, 2.45) is 5.92 Å². The average Bonchev–Trinajstić information content (AvgIpc) is 2.90. The first-order valence-electron chi connectivity index (χ1n) is 7.53. The van der Waals surface area contributed by atoms with Gasteiger partial charge < -0.3 is 10.2 Å². The number of fused-ring (bicyclic) bond motifs is 1. The largest absolute Gasteiger partial charge is 0.370 e. The maximum Gasteiger partial charge on any atom is 0.226 e. The lowest BCUT2D eigenvalue weighted by Crippen LogP contribution is -2.15. The van der Waals surface area contributed by atoms with Crippen LogP contribution in [0.25, 0.3) is 0 Å². The Bertz CT molecular complexity index is 584. The molecule has 1 aromatic heterocycles. The fraction of sp³-hybridized carbons (Fsp3) is 0.412. The molecule has 21 heavy (non-hydrogen) atoms. The highest BCUT2D eigenvalue weighted by molar-refractivity contribution is 5.40. The molecule has 0 aliphatic heterocycles. The van der Waals surface area contributed by atoms with Gasteiger partial charge in [-0.3, -0.25) is 0 Å². The van der Waals surface area contributed by atoms with Gasteiger partial charge in [-0.15, -0.1) is 0 Å². The molecule has 3 rings (SSSR count). The standard InChI is InChI=1S/C17H22N4/c1-21(2)17-19-10-8-16(20-17)18-9-7-13-11-14-5-3-4-6-15(14)12-13/h3-6,8,10,13H,7,9,11-12H2,1-2H3,(H,18,19,20). The topological polar surface area (TPSA) is 41.1 Å². The van der Waals surface area contributed by atoms with Crippen molar-refractivity contribution in [1.82, 2.24) is 9.97 Å². The Balaban J connectivity index is 1.50. The number of rotatable bonds is 5. The fourth-order valence-corrected chi connectivity index (χ4v) is 2.92. The molecule has 4 heteroatoms. The highest BCUT2D eigenvalue weighted by Gasteiger charge is 2.20. The number of benzene rings is 1. The predicted molar refractivity (Wildman–Crippen MR) is 86.8 cm³/mol. The molecule has 0 radical (unpaired) electrons. The second-order valence-corrected chi connectivity index (χ2v) is 5.89. The molecular formula is C17H22N4. The molecule has 1 N–H and O–H groups in total. The molecule has 0 atom stereocenters. The summed E-state index contributed by atoms with van der Waals surface area (Å²) in [6.07, 6.45) is 5.40. The van der Waals surface area contributed by atoms with Crippen molar-refractivity contribution >= 4 is 11.8 Å². The number of hydrogen-bond acceptors (Lipinski definition) is 4. The molecule has 1 aliphatic rings. The maximum atomic E-state index is 4.48. The van der Waals surface area contributed by atoms with Gasteiger partial charge in [0.2, 0.25) is 5.95 Å². The fourth-order valence-electron chi connectivity index (χ4n) is 2.92. The minimum absolute atomic E-state index is 0.744. The van der Waals surface area contributed by atoms with Gasteiger partial charge >= 0.3 is 0 Å². The van der Waals surface area contributed by atoms with Crippen molar-refractivity contribution in [1.29, 1.82) is 0 Å². The Labute approximate surface area is 126 Å². The third-order valence-corrected chi connectivity index (χ3v) is 4.04. The summed E-state index contributed by atoms with van der Waals surface area (Å²) < 4.78 is 0. The molecule has 1 aromatic carbocycles. The van der Waals surface area contributed by atoms with Gasteiger partial charge in [0, 0.05) is 26.8 Å². The minimum atomic E-state index is 0.744. The monoisotopic (exact) mass is 282 g/mol. The maximum absolute atomic E-state index is 4.48. The van der Waals surface area contributed by atoms with Crippen molar-refractivity contribution in [2.75, 3.05) is 30.9 Å². The smallest absolute Gasteiger partial charge is 0.226 e. The highest BCUT2D eigenvalue weighted by atomic mass is 15.2.